The summed E-state index contributed by atoms with van der Waals surface area (Å²) in [6, 6.07) is 10.5. The number of alkyl halides is 3. The summed E-state index contributed by atoms with van der Waals surface area (Å²) in [6.45, 7) is 1.03. The van der Waals surface area contributed by atoms with Gasteiger partial charge in [0.25, 0.3) is 0 Å². The van der Waals surface area contributed by atoms with Crippen molar-refractivity contribution in [3.05, 3.63) is 35.9 Å². The van der Waals surface area contributed by atoms with Crippen molar-refractivity contribution in [1.29, 1.82) is 0 Å². The van der Waals surface area contributed by atoms with Crippen LogP contribution in [0.2, 0.25) is 0 Å². The second-order valence-electron chi connectivity index (χ2n) is 3.53. The number of carboxylic acids is 1. The van der Waals surface area contributed by atoms with Crippen molar-refractivity contribution < 1.29 is 23.1 Å². The fourth-order valence-electron chi connectivity index (χ4n) is 0.949. The van der Waals surface area contributed by atoms with Gasteiger partial charge in [0.2, 0.25) is 0 Å². The minimum Gasteiger partial charge on any atom is -0.475 e. The number of benzene rings is 1. The lowest BCUT2D eigenvalue weighted by Crippen LogP contribution is -2.21. The number of nitrogens with zero attached hydrogens (tertiary/aromatic N) is 1. The highest BCUT2D eigenvalue weighted by molar-refractivity contribution is 5.73. The first-order chi connectivity index (χ1) is 7.73. The van der Waals surface area contributed by atoms with Crippen LogP contribution in [0.5, 0.6) is 0 Å². The van der Waals surface area contributed by atoms with E-state index in [9.17, 15) is 13.2 Å². The van der Waals surface area contributed by atoms with E-state index in [4.69, 9.17) is 9.90 Å². The quantitative estimate of drug-likeness (QED) is 0.874. The number of rotatable bonds is 2. The number of aliphatic carboxylic acids is 1. The van der Waals surface area contributed by atoms with Crippen LogP contribution in [-0.2, 0) is 11.3 Å². The molecule has 0 amide bonds. The Morgan fingerprint density at radius 2 is 1.65 bits per heavy atom. The van der Waals surface area contributed by atoms with Gasteiger partial charge in [-0.05, 0) is 19.7 Å². The zero-order chi connectivity index (χ0) is 13.5. The van der Waals surface area contributed by atoms with Crippen LogP contribution in [0.1, 0.15) is 5.56 Å². The molecule has 0 aliphatic carbocycles. The fourth-order valence-corrected chi connectivity index (χ4v) is 0.949. The lowest BCUT2D eigenvalue weighted by atomic mass is 10.2. The molecular formula is C11H14F3NO2. The molecule has 0 saturated carbocycles. The second kappa shape index (κ2) is 6.90. The predicted octanol–water partition coefficient (Wildman–Crippen LogP) is 2.38. The van der Waals surface area contributed by atoms with Gasteiger partial charge in [0.05, 0.1) is 0 Å². The molecule has 6 heteroatoms. The first-order valence-electron chi connectivity index (χ1n) is 4.72. The summed E-state index contributed by atoms with van der Waals surface area (Å²) in [6.07, 6.45) is -5.08. The van der Waals surface area contributed by atoms with Crippen LogP contribution in [0.25, 0.3) is 0 Å². The maximum Gasteiger partial charge on any atom is 0.490 e. The van der Waals surface area contributed by atoms with Crippen LogP contribution in [0.3, 0.4) is 0 Å². The number of carboxylic acid groups (broad SMARTS) is 1. The van der Waals surface area contributed by atoms with Crippen molar-refractivity contribution in [1.82, 2.24) is 4.90 Å². The maximum atomic E-state index is 10.6. The number of hydrogen-bond acceptors (Lipinski definition) is 2. The largest absolute Gasteiger partial charge is 0.490 e. The standard InChI is InChI=1S/C9H13N.C2HF3O2/c1-10(2)8-9-6-4-3-5-7-9;3-2(4,5)1(6)7/h3-7H,8H2,1-2H3;(H,6,7). The molecule has 17 heavy (non-hydrogen) atoms. The van der Waals surface area contributed by atoms with E-state index >= 15 is 0 Å². The normalized spacial score (nSPS) is 10.7. The third kappa shape index (κ3) is 8.27. The van der Waals surface area contributed by atoms with Crippen LogP contribution in [0.15, 0.2) is 30.3 Å². The van der Waals surface area contributed by atoms with Gasteiger partial charge in [-0.25, -0.2) is 4.79 Å². The minimum atomic E-state index is -5.08. The molecule has 0 atom stereocenters. The van der Waals surface area contributed by atoms with Crippen LogP contribution < -0.4 is 0 Å². The molecule has 0 fully saturated rings. The molecule has 1 aromatic rings. The zero-order valence-electron chi connectivity index (χ0n) is 9.53. The summed E-state index contributed by atoms with van der Waals surface area (Å²) < 4.78 is 31.7. The Morgan fingerprint density at radius 3 is 1.94 bits per heavy atom. The van der Waals surface area contributed by atoms with Gasteiger partial charge in [0.15, 0.2) is 0 Å². The van der Waals surface area contributed by atoms with E-state index in [2.05, 4.69) is 43.3 Å². The van der Waals surface area contributed by atoms with E-state index < -0.39 is 12.1 Å². The highest BCUT2D eigenvalue weighted by Crippen LogP contribution is 2.13. The van der Waals surface area contributed by atoms with Crippen molar-refractivity contribution in [2.75, 3.05) is 14.1 Å². The highest BCUT2D eigenvalue weighted by atomic mass is 19.4. The zero-order valence-corrected chi connectivity index (χ0v) is 9.53. The summed E-state index contributed by atoms with van der Waals surface area (Å²) >= 11 is 0. The van der Waals surface area contributed by atoms with Gasteiger partial charge in [-0.15, -0.1) is 0 Å². The Hall–Kier alpha value is -1.56. The van der Waals surface area contributed by atoms with Crippen molar-refractivity contribution in [2.45, 2.75) is 12.7 Å². The monoisotopic (exact) mass is 249 g/mol. The minimum absolute atomic E-state index is 1.03. The molecule has 0 spiro atoms. The van der Waals surface area contributed by atoms with E-state index in [1.54, 1.807) is 0 Å². The first kappa shape index (κ1) is 15.4. The van der Waals surface area contributed by atoms with Gasteiger partial charge < -0.3 is 10.0 Å². The molecule has 1 N–H and O–H groups in total. The lowest BCUT2D eigenvalue weighted by Gasteiger charge is -2.08. The van der Waals surface area contributed by atoms with Crippen LogP contribution in [0, 0.1) is 0 Å². The topological polar surface area (TPSA) is 40.5 Å². The van der Waals surface area contributed by atoms with Gasteiger partial charge in [-0.2, -0.15) is 13.2 Å². The molecule has 0 aliphatic heterocycles. The molecule has 0 saturated heterocycles. The smallest absolute Gasteiger partial charge is 0.475 e. The van der Waals surface area contributed by atoms with Crippen molar-refractivity contribution in [2.24, 2.45) is 0 Å². The molecule has 0 heterocycles. The van der Waals surface area contributed by atoms with Gasteiger partial charge in [-0.1, -0.05) is 30.3 Å². The molecule has 1 rings (SSSR count). The van der Waals surface area contributed by atoms with Gasteiger partial charge in [0.1, 0.15) is 0 Å². The van der Waals surface area contributed by atoms with E-state index in [1.165, 1.54) is 5.56 Å². The van der Waals surface area contributed by atoms with Gasteiger partial charge in [0, 0.05) is 6.54 Å². The third-order valence-corrected chi connectivity index (χ3v) is 1.58. The highest BCUT2D eigenvalue weighted by Gasteiger charge is 2.38. The number of hydrogen-bond donors (Lipinski definition) is 1. The average Bonchev–Trinajstić information content (AvgIpc) is 2.17. The van der Waals surface area contributed by atoms with Crippen molar-refractivity contribution in [3.63, 3.8) is 0 Å². The Balaban J connectivity index is 0.000000325. The molecule has 0 aliphatic rings. The Bertz CT molecular complexity index is 336. The van der Waals surface area contributed by atoms with E-state index in [0.29, 0.717) is 0 Å². The molecule has 1 aromatic carbocycles. The average molecular weight is 249 g/mol. The molecule has 0 radical (unpaired) electrons. The van der Waals surface area contributed by atoms with E-state index in [-0.39, 0.29) is 0 Å². The molecule has 0 unspecified atom stereocenters. The second-order valence-corrected chi connectivity index (χ2v) is 3.53. The Morgan fingerprint density at radius 1 is 1.24 bits per heavy atom. The van der Waals surface area contributed by atoms with Crippen molar-refractivity contribution in [3.8, 4) is 0 Å². The predicted molar refractivity (Wildman–Crippen MR) is 57.5 cm³/mol. The van der Waals surface area contributed by atoms with Crippen LogP contribution >= 0.6 is 0 Å². The van der Waals surface area contributed by atoms with Crippen LogP contribution in [0.4, 0.5) is 13.2 Å². The Labute approximate surface area is 97.5 Å². The van der Waals surface area contributed by atoms with E-state index in [1.807, 2.05) is 6.07 Å². The molecular weight excluding hydrogens is 235 g/mol. The molecule has 0 bridgehead atoms. The number of carbonyl (C=O) groups is 1. The van der Waals surface area contributed by atoms with Crippen LogP contribution in [-0.4, -0.2) is 36.2 Å². The summed E-state index contributed by atoms with van der Waals surface area (Å²) in [5.41, 5.74) is 1.37. The Kier molecular flexibility index (Phi) is 6.27. The van der Waals surface area contributed by atoms with Gasteiger partial charge in [-0.3, -0.25) is 0 Å². The van der Waals surface area contributed by atoms with Gasteiger partial charge >= 0.3 is 12.1 Å². The first-order valence-corrected chi connectivity index (χ1v) is 4.72. The molecule has 96 valence electrons. The van der Waals surface area contributed by atoms with E-state index in [0.717, 1.165) is 6.54 Å². The van der Waals surface area contributed by atoms with Crippen molar-refractivity contribution >= 4 is 5.97 Å². The third-order valence-electron chi connectivity index (χ3n) is 1.58. The maximum absolute atomic E-state index is 10.6. The summed E-state index contributed by atoms with van der Waals surface area (Å²) in [5.74, 6) is -2.76. The number of halogens is 3. The molecule has 3 nitrogen and oxygen atoms in total. The summed E-state index contributed by atoms with van der Waals surface area (Å²) in [7, 11) is 4.15. The SMILES string of the molecule is CN(C)Cc1ccccc1.O=C(O)C(F)(F)F. The molecule has 0 aromatic heterocycles. The fraction of sp³-hybridized carbons (Fsp3) is 0.364. The summed E-state index contributed by atoms with van der Waals surface area (Å²) in [5, 5.41) is 7.12. The summed E-state index contributed by atoms with van der Waals surface area (Å²) in [4.78, 5) is 11.1. The lowest BCUT2D eigenvalue weighted by molar-refractivity contribution is -0.192.